The smallest absolute Gasteiger partial charge is 0.281 e. The van der Waals surface area contributed by atoms with E-state index in [0.29, 0.717) is 25.4 Å². The predicted molar refractivity (Wildman–Crippen MR) is 68.6 cm³/mol. The molecule has 0 aliphatic rings. The van der Waals surface area contributed by atoms with Gasteiger partial charge in [-0.05, 0) is 0 Å². The standard InChI is InChI=1S/C10H20N4O4S/c1-5-13(2)19(15,16)14(3)8-10-11-9(12-18-10)6-7-17-4/h5-8H2,1-4H3. The molecule has 0 aliphatic carbocycles. The first kappa shape index (κ1) is 16.0. The second kappa shape index (κ2) is 6.94. The van der Waals surface area contributed by atoms with Gasteiger partial charge in [0.2, 0.25) is 5.89 Å². The molecular formula is C10H20N4O4S. The summed E-state index contributed by atoms with van der Waals surface area (Å²) in [6, 6.07) is 0. The summed E-state index contributed by atoms with van der Waals surface area (Å²) in [7, 11) is 1.09. The molecule has 1 aromatic rings. The Bertz CT molecular complexity index is 487. The Hall–Kier alpha value is -1.03. The van der Waals surface area contributed by atoms with Crippen LogP contribution < -0.4 is 0 Å². The number of aromatic nitrogens is 2. The van der Waals surface area contributed by atoms with Crippen LogP contribution in [-0.2, 0) is 27.9 Å². The van der Waals surface area contributed by atoms with Crippen molar-refractivity contribution in [3.8, 4) is 0 Å². The first-order chi connectivity index (χ1) is 8.91. The molecule has 0 atom stereocenters. The molecule has 0 bridgehead atoms. The quantitative estimate of drug-likeness (QED) is 0.664. The highest BCUT2D eigenvalue weighted by atomic mass is 32.2. The third-order valence-electron chi connectivity index (χ3n) is 2.63. The zero-order valence-corrected chi connectivity index (χ0v) is 12.5. The summed E-state index contributed by atoms with van der Waals surface area (Å²) in [5, 5.41) is 3.75. The number of rotatable bonds is 8. The van der Waals surface area contributed by atoms with E-state index < -0.39 is 10.2 Å². The van der Waals surface area contributed by atoms with Crippen molar-refractivity contribution in [3.63, 3.8) is 0 Å². The van der Waals surface area contributed by atoms with Crippen LogP contribution in [0.1, 0.15) is 18.6 Å². The van der Waals surface area contributed by atoms with Crippen molar-refractivity contribution in [2.45, 2.75) is 19.9 Å². The molecule has 8 nitrogen and oxygen atoms in total. The molecule has 0 aromatic carbocycles. The van der Waals surface area contributed by atoms with Gasteiger partial charge in [-0.15, -0.1) is 0 Å². The van der Waals surface area contributed by atoms with Gasteiger partial charge in [0.05, 0.1) is 13.2 Å². The van der Waals surface area contributed by atoms with Crippen molar-refractivity contribution in [2.24, 2.45) is 0 Å². The van der Waals surface area contributed by atoms with E-state index in [1.807, 2.05) is 0 Å². The van der Waals surface area contributed by atoms with Crippen LogP contribution in [0, 0.1) is 0 Å². The minimum Gasteiger partial charge on any atom is -0.384 e. The Morgan fingerprint density at radius 2 is 2.00 bits per heavy atom. The normalized spacial score (nSPS) is 12.5. The van der Waals surface area contributed by atoms with E-state index >= 15 is 0 Å². The predicted octanol–water partition coefficient (Wildman–Crippen LogP) is -0.113. The minimum atomic E-state index is -3.48. The Balaban J connectivity index is 2.66. The van der Waals surface area contributed by atoms with Crippen molar-refractivity contribution >= 4 is 10.2 Å². The largest absolute Gasteiger partial charge is 0.384 e. The molecule has 1 rings (SSSR count). The van der Waals surface area contributed by atoms with Gasteiger partial charge in [-0.1, -0.05) is 12.1 Å². The van der Waals surface area contributed by atoms with Crippen molar-refractivity contribution in [3.05, 3.63) is 11.7 Å². The molecule has 0 fully saturated rings. The number of methoxy groups -OCH3 is 1. The molecule has 1 heterocycles. The minimum absolute atomic E-state index is 0.0483. The highest BCUT2D eigenvalue weighted by Gasteiger charge is 2.24. The molecule has 0 aliphatic heterocycles. The van der Waals surface area contributed by atoms with E-state index in [2.05, 4.69) is 10.1 Å². The van der Waals surface area contributed by atoms with Gasteiger partial charge in [-0.3, -0.25) is 0 Å². The second-order valence-corrected chi connectivity index (χ2v) is 6.17. The molecule has 0 radical (unpaired) electrons. The summed E-state index contributed by atoms with van der Waals surface area (Å²) in [6.45, 7) is 2.70. The average Bonchev–Trinajstić information content (AvgIpc) is 2.82. The summed E-state index contributed by atoms with van der Waals surface area (Å²) in [5.41, 5.74) is 0. The number of ether oxygens (including phenoxy) is 1. The first-order valence-corrected chi connectivity index (χ1v) is 7.29. The fourth-order valence-corrected chi connectivity index (χ4v) is 2.40. The Morgan fingerprint density at radius 1 is 1.32 bits per heavy atom. The van der Waals surface area contributed by atoms with Crippen LogP contribution in [-0.4, -0.2) is 61.5 Å². The van der Waals surface area contributed by atoms with Crippen LogP contribution >= 0.6 is 0 Å². The number of hydrogen-bond acceptors (Lipinski definition) is 6. The molecule has 9 heteroatoms. The average molecular weight is 292 g/mol. The maximum absolute atomic E-state index is 12.0. The lowest BCUT2D eigenvalue weighted by Crippen LogP contribution is -2.39. The summed E-state index contributed by atoms with van der Waals surface area (Å²) < 4.78 is 36.3. The third-order valence-corrected chi connectivity index (χ3v) is 4.59. The van der Waals surface area contributed by atoms with Crippen molar-refractivity contribution < 1.29 is 17.7 Å². The van der Waals surface area contributed by atoms with Crippen LogP contribution in [0.25, 0.3) is 0 Å². The summed E-state index contributed by atoms with van der Waals surface area (Å²) in [6.07, 6.45) is 0.533. The monoisotopic (exact) mass is 292 g/mol. The lowest BCUT2D eigenvalue weighted by atomic mass is 10.4. The van der Waals surface area contributed by atoms with Gasteiger partial charge >= 0.3 is 0 Å². The Kier molecular flexibility index (Phi) is 5.85. The van der Waals surface area contributed by atoms with E-state index in [-0.39, 0.29) is 12.4 Å². The fraction of sp³-hybridized carbons (Fsp3) is 0.800. The number of hydrogen-bond donors (Lipinski definition) is 0. The van der Waals surface area contributed by atoms with Crippen molar-refractivity contribution in [1.82, 2.24) is 18.8 Å². The molecule has 0 amide bonds. The van der Waals surface area contributed by atoms with Crippen LogP contribution in [0.3, 0.4) is 0 Å². The van der Waals surface area contributed by atoms with Gasteiger partial charge in [0.25, 0.3) is 10.2 Å². The lowest BCUT2D eigenvalue weighted by Gasteiger charge is -2.21. The van der Waals surface area contributed by atoms with Gasteiger partial charge in [0, 0.05) is 34.2 Å². The van der Waals surface area contributed by atoms with Crippen LogP contribution in [0.15, 0.2) is 4.52 Å². The van der Waals surface area contributed by atoms with Crippen molar-refractivity contribution in [2.75, 3.05) is 34.4 Å². The fourth-order valence-electron chi connectivity index (χ4n) is 1.32. The molecule has 1 aromatic heterocycles. The third kappa shape index (κ3) is 4.23. The molecule has 0 N–H and O–H groups in total. The molecular weight excluding hydrogens is 272 g/mol. The van der Waals surface area contributed by atoms with Gasteiger partial charge < -0.3 is 9.26 Å². The van der Waals surface area contributed by atoms with Crippen LogP contribution in [0.4, 0.5) is 0 Å². The summed E-state index contributed by atoms with van der Waals surface area (Å²) >= 11 is 0. The van der Waals surface area contributed by atoms with Crippen LogP contribution in [0.2, 0.25) is 0 Å². The highest BCUT2D eigenvalue weighted by molar-refractivity contribution is 7.86. The van der Waals surface area contributed by atoms with Gasteiger partial charge in [0.15, 0.2) is 5.82 Å². The molecule has 0 spiro atoms. The summed E-state index contributed by atoms with van der Waals surface area (Å²) in [4.78, 5) is 4.10. The SMILES string of the molecule is CCN(C)S(=O)(=O)N(C)Cc1nc(CCOC)no1. The van der Waals surface area contributed by atoms with Gasteiger partial charge in [0.1, 0.15) is 0 Å². The van der Waals surface area contributed by atoms with E-state index in [0.717, 1.165) is 0 Å². The molecule has 19 heavy (non-hydrogen) atoms. The second-order valence-electron chi connectivity index (χ2n) is 4.03. The van der Waals surface area contributed by atoms with Gasteiger partial charge in [-0.25, -0.2) is 0 Å². The zero-order valence-electron chi connectivity index (χ0n) is 11.7. The molecule has 0 unspecified atom stereocenters. The Labute approximate surface area is 113 Å². The lowest BCUT2D eigenvalue weighted by molar-refractivity contribution is 0.199. The molecule has 0 saturated heterocycles. The van der Waals surface area contributed by atoms with E-state index in [9.17, 15) is 8.42 Å². The molecule has 0 saturated carbocycles. The zero-order chi connectivity index (χ0) is 14.5. The van der Waals surface area contributed by atoms with E-state index in [1.165, 1.54) is 22.7 Å². The maximum Gasteiger partial charge on any atom is 0.281 e. The van der Waals surface area contributed by atoms with E-state index in [1.54, 1.807) is 14.0 Å². The van der Waals surface area contributed by atoms with Crippen molar-refractivity contribution in [1.29, 1.82) is 0 Å². The highest BCUT2D eigenvalue weighted by Crippen LogP contribution is 2.08. The Morgan fingerprint density at radius 3 is 2.58 bits per heavy atom. The van der Waals surface area contributed by atoms with E-state index in [4.69, 9.17) is 9.26 Å². The van der Waals surface area contributed by atoms with Gasteiger partial charge in [-0.2, -0.15) is 22.0 Å². The summed E-state index contributed by atoms with van der Waals surface area (Å²) in [5.74, 6) is 0.771. The number of nitrogens with zero attached hydrogens (tertiary/aromatic N) is 4. The topological polar surface area (TPSA) is 88.8 Å². The molecule has 110 valence electrons. The first-order valence-electron chi connectivity index (χ1n) is 5.89. The maximum atomic E-state index is 12.0. The van der Waals surface area contributed by atoms with Crippen LogP contribution in [0.5, 0.6) is 0 Å².